The largest absolute Gasteiger partial charge is 0.423 e. The van der Waals surface area contributed by atoms with Crippen LogP contribution in [-0.4, -0.2) is 11.9 Å². The molecule has 0 saturated heterocycles. The number of para-hydroxylation sites is 2. The minimum atomic E-state index is -0.285. The Kier molecular flexibility index (Phi) is 9.13. The Bertz CT molecular complexity index is 469. The van der Waals surface area contributed by atoms with E-state index in [1.54, 1.807) is 24.3 Å². The van der Waals surface area contributed by atoms with Gasteiger partial charge in [0.2, 0.25) is 0 Å². The van der Waals surface area contributed by atoms with E-state index in [1.807, 2.05) is 0 Å². The van der Waals surface area contributed by atoms with Gasteiger partial charge in [0, 0.05) is 12.8 Å². The summed E-state index contributed by atoms with van der Waals surface area (Å²) < 4.78 is 10.8. The van der Waals surface area contributed by atoms with Crippen molar-refractivity contribution in [1.82, 2.24) is 0 Å². The lowest BCUT2D eigenvalue weighted by Crippen LogP contribution is -2.16. The van der Waals surface area contributed by atoms with Crippen molar-refractivity contribution in [3.05, 3.63) is 24.3 Å². The van der Waals surface area contributed by atoms with Crippen LogP contribution < -0.4 is 9.47 Å². The van der Waals surface area contributed by atoms with Gasteiger partial charge in [0.05, 0.1) is 0 Å². The molecule has 0 N–H and O–H groups in total. The summed E-state index contributed by atoms with van der Waals surface area (Å²) in [6.45, 7) is 8.26. The minimum absolute atomic E-state index is 0.285. The number of hydrogen-bond acceptors (Lipinski definition) is 4. The van der Waals surface area contributed by atoms with Crippen LogP contribution in [0, 0.1) is 11.8 Å². The number of hydrogen-bond donors (Lipinski definition) is 0. The van der Waals surface area contributed by atoms with Gasteiger partial charge in [0.15, 0.2) is 11.5 Å². The lowest BCUT2D eigenvalue weighted by molar-refractivity contribution is -0.138. The fraction of sp³-hybridized carbons (Fsp3) is 0.600. The van der Waals surface area contributed by atoms with Crippen LogP contribution in [0.2, 0.25) is 0 Å². The molecular formula is C20H30O4. The van der Waals surface area contributed by atoms with Gasteiger partial charge >= 0.3 is 11.9 Å². The first-order valence-electron chi connectivity index (χ1n) is 9.04. The van der Waals surface area contributed by atoms with Crippen molar-refractivity contribution in [2.45, 2.75) is 66.2 Å². The molecule has 0 spiro atoms. The fourth-order valence-electron chi connectivity index (χ4n) is 2.57. The second-order valence-electron chi connectivity index (χ2n) is 6.17. The molecule has 0 saturated carbocycles. The molecule has 0 aliphatic carbocycles. The normalized spacial score (nSPS) is 10.9. The van der Waals surface area contributed by atoms with Crippen LogP contribution in [0.5, 0.6) is 11.5 Å². The first kappa shape index (κ1) is 20.2. The van der Waals surface area contributed by atoms with Crippen LogP contribution in [0.3, 0.4) is 0 Å². The molecular weight excluding hydrogens is 304 g/mol. The first-order valence-corrected chi connectivity index (χ1v) is 9.04. The van der Waals surface area contributed by atoms with E-state index < -0.39 is 0 Å². The number of carbonyl (C=O) groups excluding carboxylic acids is 2. The average molecular weight is 334 g/mol. The topological polar surface area (TPSA) is 52.6 Å². The van der Waals surface area contributed by atoms with Crippen molar-refractivity contribution in [2.24, 2.45) is 11.8 Å². The van der Waals surface area contributed by atoms with Crippen molar-refractivity contribution < 1.29 is 19.1 Å². The van der Waals surface area contributed by atoms with Gasteiger partial charge in [-0.25, -0.2) is 0 Å². The molecule has 1 rings (SSSR count). The quantitative estimate of drug-likeness (QED) is 0.438. The second-order valence-corrected chi connectivity index (χ2v) is 6.17. The Balaban J connectivity index is 2.70. The molecule has 4 nitrogen and oxygen atoms in total. The standard InChI is InChI=1S/C20H30O4/c1-5-15(6-2)13-19(21)23-17-11-9-10-12-18(17)24-20(22)14-16(7-3)8-4/h9-12,15-16H,5-8,13-14H2,1-4H3. The molecule has 0 radical (unpaired) electrons. The van der Waals surface area contributed by atoms with E-state index in [2.05, 4.69) is 27.7 Å². The molecule has 0 amide bonds. The smallest absolute Gasteiger partial charge is 0.311 e. The van der Waals surface area contributed by atoms with Gasteiger partial charge in [-0.2, -0.15) is 0 Å². The van der Waals surface area contributed by atoms with Crippen LogP contribution in [0.15, 0.2) is 24.3 Å². The molecule has 0 aromatic heterocycles. The average Bonchev–Trinajstić information content (AvgIpc) is 2.59. The van der Waals surface area contributed by atoms with E-state index in [0.29, 0.717) is 36.2 Å². The third-order valence-electron chi connectivity index (χ3n) is 4.52. The van der Waals surface area contributed by atoms with Crippen LogP contribution in [0.25, 0.3) is 0 Å². The molecule has 1 aromatic rings. The van der Waals surface area contributed by atoms with E-state index in [1.165, 1.54) is 0 Å². The zero-order valence-electron chi connectivity index (χ0n) is 15.3. The first-order chi connectivity index (χ1) is 11.5. The summed E-state index contributed by atoms with van der Waals surface area (Å²) in [6.07, 6.45) is 4.52. The summed E-state index contributed by atoms with van der Waals surface area (Å²) in [7, 11) is 0. The van der Waals surface area contributed by atoms with E-state index in [-0.39, 0.29) is 11.9 Å². The highest BCUT2D eigenvalue weighted by Gasteiger charge is 2.17. The fourth-order valence-corrected chi connectivity index (χ4v) is 2.57. The van der Waals surface area contributed by atoms with Gasteiger partial charge in [0.1, 0.15) is 0 Å². The zero-order chi connectivity index (χ0) is 17.9. The number of ether oxygens (including phenoxy) is 2. The highest BCUT2D eigenvalue weighted by atomic mass is 16.6. The molecule has 0 heterocycles. The predicted molar refractivity (Wildman–Crippen MR) is 95.1 cm³/mol. The second kappa shape index (κ2) is 10.8. The maximum Gasteiger partial charge on any atom is 0.311 e. The summed E-state index contributed by atoms with van der Waals surface area (Å²) in [5.41, 5.74) is 0. The highest BCUT2D eigenvalue weighted by Crippen LogP contribution is 2.28. The summed E-state index contributed by atoms with van der Waals surface area (Å²) in [6, 6.07) is 6.84. The molecule has 0 bridgehead atoms. The van der Waals surface area contributed by atoms with Gasteiger partial charge in [-0.05, 0) is 24.0 Å². The molecule has 1 aromatic carbocycles. The van der Waals surface area contributed by atoms with Gasteiger partial charge in [-0.15, -0.1) is 0 Å². The van der Waals surface area contributed by atoms with Crippen molar-refractivity contribution in [3.63, 3.8) is 0 Å². The number of rotatable bonds is 10. The lowest BCUT2D eigenvalue weighted by Gasteiger charge is -2.15. The predicted octanol–water partition coefficient (Wildman–Crippen LogP) is 5.15. The van der Waals surface area contributed by atoms with Gasteiger partial charge < -0.3 is 9.47 Å². The van der Waals surface area contributed by atoms with E-state index >= 15 is 0 Å². The van der Waals surface area contributed by atoms with Crippen LogP contribution in [-0.2, 0) is 9.59 Å². The third-order valence-corrected chi connectivity index (χ3v) is 4.52. The Labute approximate surface area is 145 Å². The molecule has 0 atom stereocenters. The Morgan fingerprint density at radius 1 is 0.750 bits per heavy atom. The van der Waals surface area contributed by atoms with Crippen molar-refractivity contribution >= 4 is 11.9 Å². The third kappa shape index (κ3) is 6.73. The van der Waals surface area contributed by atoms with Gasteiger partial charge in [0.25, 0.3) is 0 Å². The summed E-state index contributed by atoms with van der Waals surface area (Å²) in [4.78, 5) is 24.2. The van der Waals surface area contributed by atoms with Crippen molar-refractivity contribution in [3.8, 4) is 11.5 Å². The number of benzene rings is 1. The van der Waals surface area contributed by atoms with Gasteiger partial charge in [-0.1, -0.05) is 65.5 Å². The SMILES string of the molecule is CCC(CC)CC(=O)Oc1ccccc1OC(=O)CC(CC)CC. The van der Waals surface area contributed by atoms with Crippen molar-refractivity contribution in [2.75, 3.05) is 0 Å². The van der Waals surface area contributed by atoms with Crippen LogP contribution in [0.1, 0.15) is 66.2 Å². The van der Waals surface area contributed by atoms with E-state index in [0.717, 1.165) is 25.7 Å². The number of esters is 2. The number of carbonyl (C=O) groups is 2. The summed E-state index contributed by atoms with van der Waals surface area (Å²) >= 11 is 0. The maximum atomic E-state index is 12.1. The Morgan fingerprint density at radius 3 is 1.38 bits per heavy atom. The van der Waals surface area contributed by atoms with Crippen LogP contribution in [0.4, 0.5) is 0 Å². The van der Waals surface area contributed by atoms with E-state index in [4.69, 9.17) is 9.47 Å². The maximum absolute atomic E-state index is 12.1. The molecule has 0 unspecified atom stereocenters. The summed E-state index contributed by atoms with van der Waals surface area (Å²) in [5, 5.41) is 0. The zero-order valence-corrected chi connectivity index (χ0v) is 15.3. The molecule has 134 valence electrons. The van der Waals surface area contributed by atoms with E-state index in [9.17, 15) is 9.59 Å². The van der Waals surface area contributed by atoms with Gasteiger partial charge in [-0.3, -0.25) is 9.59 Å². The molecule has 0 fully saturated rings. The molecule has 4 heteroatoms. The molecule has 24 heavy (non-hydrogen) atoms. The Morgan fingerprint density at radius 2 is 1.08 bits per heavy atom. The Hall–Kier alpha value is -1.84. The minimum Gasteiger partial charge on any atom is -0.423 e. The lowest BCUT2D eigenvalue weighted by atomic mass is 10.00. The van der Waals surface area contributed by atoms with Crippen LogP contribution >= 0.6 is 0 Å². The monoisotopic (exact) mass is 334 g/mol. The summed E-state index contributed by atoms with van der Waals surface area (Å²) in [5.74, 6) is 0.696. The molecule has 0 aliphatic rings. The molecule has 0 aliphatic heterocycles. The van der Waals surface area contributed by atoms with Crippen molar-refractivity contribution in [1.29, 1.82) is 0 Å². The highest BCUT2D eigenvalue weighted by molar-refractivity contribution is 5.76.